The van der Waals surface area contributed by atoms with Gasteiger partial charge >= 0.3 is 0 Å². The minimum Gasteiger partial charge on any atom is -0.411 e. The number of oxime groups is 1. The third-order valence-corrected chi connectivity index (χ3v) is 3.23. The molecule has 0 bridgehead atoms. The van der Waals surface area contributed by atoms with Crippen LogP contribution in [0.25, 0.3) is 0 Å². The van der Waals surface area contributed by atoms with E-state index in [9.17, 15) is 8.42 Å². The highest BCUT2D eigenvalue weighted by Gasteiger charge is 2.08. The van der Waals surface area contributed by atoms with E-state index in [4.69, 9.17) is 5.21 Å². The van der Waals surface area contributed by atoms with E-state index in [-0.39, 0.29) is 0 Å². The Bertz CT molecular complexity index is 462. The maximum Gasteiger partial charge on any atom is 0.229 e. The number of thiophene rings is 1. The van der Waals surface area contributed by atoms with E-state index in [0.29, 0.717) is 17.8 Å². The summed E-state index contributed by atoms with van der Waals surface area (Å²) in [5.41, 5.74) is 1.04. The Morgan fingerprint density at radius 3 is 2.80 bits per heavy atom. The summed E-state index contributed by atoms with van der Waals surface area (Å²) in [7, 11) is -3.25. The SMILES string of the molecule is CC/C(=N/O)c1cc(NS(C)(=O)=O)cs1. The van der Waals surface area contributed by atoms with E-state index in [1.54, 1.807) is 11.4 Å². The number of anilines is 1. The molecule has 2 N–H and O–H groups in total. The molecule has 1 rings (SSSR count). The fraction of sp³-hybridized carbons (Fsp3) is 0.375. The van der Waals surface area contributed by atoms with Gasteiger partial charge in [0.05, 0.1) is 22.5 Å². The number of sulfonamides is 1. The van der Waals surface area contributed by atoms with Gasteiger partial charge in [-0.05, 0) is 12.5 Å². The highest BCUT2D eigenvalue weighted by Crippen LogP contribution is 2.21. The molecule has 0 aromatic carbocycles. The first-order valence-electron chi connectivity index (χ1n) is 4.24. The second-order valence-electron chi connectivity index (χ2n) is 2.97. The first kappa shape index (κ1) is 12.0. The molecule has 1 heterocycles. The van der Waals surface area contributed by atoms with Crippen LogP contribution in [0.5, 0.6) is 0 Å². The zero-order valence-electron chi connectivity index (χ0n) is 8.39. The van der Waals surface area contributed by atoms with Crippen LogP contribution in [0.1, 0.15) is 18.2 Å². The zero-order chi connectivity index (χ0) is 11.5. The molecule has 0 aliphatic carbocycles. The Kier molecular flexibility index (Phi) is 3.70. The molecule has 15 heavy (non-hydrogen) atoms. The van der Waals surface area contributed by atoms with Crippen LogP contribution in [-0.4, -0.2) is 25.6 Å². The van der Waals surface area contributed by atoms with Crippen LogP contribution in [0.15, 0.2) is 16.6 Å². The van der Waals surface area contributed by atoms with Crippen LogP contribution >= 0.6 is 11.3 Å². The minimum absolute atomic E-state index is 0.493. The molecule has 5 nitrogen and oxygen atoms in total. The summed E-state index contributed by atoms with van der Waals surface area (Å²) in [6.45, 7) is 1.86. The minimum atomic E-state index is -3.25. The smallest absolute Gasteiger partial charge is 0.229 e. The Morgan fingerprint density at radius 1 is 1.67 bits per heavy atom. The molecule has 0 saturated heterocycles. The number of hydrogen-bond donors (Lipinski definition) is 2. The fourth-order valence-electron chi connectivity index (χ4n) is 1.05. The molecule has 0 fully saturated rings. The van der Waals surface area contributed by atoms with Crippen LogP contribution in [-0.2, 0) is 10.0 Å². The zero-order valence-corrected chi connectivity index (χ0v) is 10.0. The molecule has 0 aliphatic heterocycles. The topological polar surface area (TPSA) is 78.8 Å². The highest BCUT2D eigenvalue weighted by atomic mass is 32.2. The van der Waals surface area contributed by atoms with E-state index in [0.717, 1.165) is 11.1 Å². The van der Waals surface area contributed by atoms with Crippen molar-refractivity contribution in [3.05, 3.63) is 16.3 Å². The van der Waals surface area contributed by atoms with Crippen molar-refractivity contribution in [2.45, 2.75) is 13.3 Å². The lowest BCUT2D eigenvalue weighted by Crippen LogP contribution is -2.08. The molecule has 0 amide bonds. The molecule has 1 aromatic rings. The molecule has 0 radical (unpaired) electrons. The Balaban J connectivity index is 2.90. The van der Waals surface area contributed by atoms with E-state index in [1.807, 2.05) is 6.92 Å². The average Bonchev–Trinajstić information content (AvgIpc) is 2.52. The fourth-order valence-corrected chi connectivity index (χ4v) is 2.57. The third-order valence-electron chi connectivity index (χ3n) is 1.64. The molecular formula is C8H12N2O3S2. The predicted octanol–water partition coefficient (Wildman–Crippen LogP) is 1.71. The highest BCUT2D eigenvalue weighted by molar-refractivity contribution is 7.92. The lowest BCUT2D eigenvalue weighted by molar-refractivity contribution is 0.318. The molecule has 0 atom stereocenters. The molecule has 0 unspecified atom stereocenters. The molecule has 84 valence electrons. The predicted molar refractivity (Wildman–Crippen MR) is 61.4 cm³/mol. The van der Waals surface area contributed by atoms with Crippen molar-refractivity contribution in [1.29, 1.82) is 0 Å². The summed E-state index contributed by atoms with van der Waals surface area (Å²) in [6.07, 6.45) is 1.68. The number of nitrogens with one attached hydrogen (secondary N) is 1. The van der Waals surface area contributed by atoms with Crippen LogP contribution in [0.2, 0.25) is 0 Å². The Labute approximate surface area is 92.5 Å². The summed E-state index contributed by atoms with van der Waals surface area (Å²) in [5.74, 6) is 0. The Morgan fingerprint density at radius 2 is 2.33 bits per heavy atom. The third kappa shape index (κ3) is 3.52. The lowest BCUT2D eigenvalue weighted by Gasteiger charge is -1.98. The summed E-state index contributed by atoms with van der Waals surface area (Å²) in [6, 6.07) is 1.64. The van der Waals surface area contributed by atoms with Crippen molar-refractivity contribution in [2.24, 2.45) is 5.16 Å². The van der Waals surface area contributed by atoms with Crippen LogP contribution in [0, 0.1) is 0 Å². The van der Waals surface area contributed by atoms with Gasteiger partial charge in [-0.2, -0.15) is 0 Å². The van der Waals surface area contributed by atoms with E-state index in [1.165, 1.54) is 11.3 Å². The van der Waals surface area contributed by atoms with Crippen molar-refractivity contribution >= 4 is 32.8 Å². The van der Waals surface area contributed by atoms with E-state index in [2.05, 4.69) is 9.88 Å². The van der Waals surface area contributed by atoms with Crippen molar-refractivity contribution in [3.8, 4) is 0 Å². The summed E-state index contributed by atoms with van der Waals surface area (Å²) in [4.78, 5) is 0.756. The molecule has 1 aromatic heterocycles. The van der Waals surface area contributed by atoms with Crippen LogP contribution in [0.4, 0.5) is 5.69 Å². The number of hydrogen-bond acceptors (Lipinski definition) is 5. The molecular weight excluding hydrogens is 236 g/mol. The normalized spacial score (nSPS) is 12.8. The van der Waals surface area contributed by atoms with Crippen molar-refractivity contribution in [1.82, 2.24) is 0 Å². The quantitative estimate of drug-likeness (QED) is 0.483. The van der Waals surface area contributed by atoms with Gasteiger partial charge in [0.15, 0.2) is 0 Å². The van der Waals surface area contributed by atoms with Crippen molar-refractivity contribution in [2.75, 3.05) is 11.0 Å². The largest absolute Gasteiger partial charge is 0.411 e. The number of nitrogens with zero attached hydrogens (tertiary/aromatic N) is 1. The molecule has 0 spiro atoms. The lowest BCUT2D eigenvalue weighted by atomic mass is 10.2. The molecule has 7 heteroatoms. The molecule has 0 aliphatic rings. The van der Waals surface area contributed by atoms with Crippen LogP contribution < -0.4 is 4.72 Å². The van der Waals surface area contributed by atoms with Gasteiger partial charge in [-0.1, -0.05) is 12.1 Å². The second kappa shape index (κ2) is 4.63. The summed E-state index contributed by atoms with van der Waals surface area (Å²) >= 11 is 1.33. The molecule has 0 saturated carbocycles. The van der Waals surface area contributed by atoms with Gasteiger partial charge in [-0.25, -0.2) is 8.42 Å². The van der Waals surface area contributed by atoms with Gasteiger partial charge in [0.25, 0.3) is 0 Å². The van der Waals surface area contributed by atoms with Gasteiger partial charge in [0.1, 0.15) is 0 Å². The first-order chi connectivity index (χ1) is 6.96. The number of rotatable bonds is 4. The summed E-state index contributed by atoms with van der Waals surface area (Å²) < 4.78 is 24.2. The standard InChI is InChI=1S/C8H12N2O3S2/c1-3-7(9-11)8-4-6(5-14-8)10-15(2,12)13/h4-5,10-11H,3H2,1-2H3/b9-7-. The van der Waals surface area contributed by atoms with Gasteiger partial charge in [-0.3, -0.25) is 4.72 Å². The maximum absolute atomic E-state index is 10.9. The van der Waals surface area contributed by atoms with E-state index >= 15 is 0 Å². The Hall–Kier alpha value is -1.08. The van der Waals surface area contributed by atoms with Gasteiger partial charge < -0.3 is 5.21 Å². The van der Waals surface area contributed by atoms with Gasteiger partial charge in [0, 0.05) is 5.38 Å². The van der Waals surface area contributed by atoms with Crippen molar-refractivity contribution < 1.29 is 13.6 Å². The second-order valence-corrected chi connectivity index (χ2v) is 5.63. The monoisotopic (exact) mass is 248 g/mol. The first-order valence-corrected chi connectivity index (χ1v) is 7.01. The maximum atomic E-state index is 10.9. The van der Waals surface area contributed by atoms with E-state index < -0.39 is 10.0 Å². The van der Waals surface area contributed by atoms with Gasteiger partial charge in [0.2, 0.25) is 10.0 Å². The van der Waals surface area contributed by atoms with Crippen molar-refractivity contribution in [3.63, 3.8) is 0 Å². The summed E-state index contributed by atoms with van der Waals surface area (Å²) in [5, 5.41) is 13.5. The van der Waals surface area contributed by atoms with Gasteiger partial charge in [-0.15, -0.1) is 11.3 Å². The van der Waals surface area contributed by atoms with Crippen LogP contribution in [0.3, 0.4) is 0 Å². The average molecular weight is 248 g/mol.